The average molecular weight is 523 g/mol. The third-order valence-corrected chi connectivity index (χ3v) is 7.62. The van der Waals surface area contributed by atoms with Crippen LogP contribution < -0.4 is 15.4 Å². The molecule has 2 N–H and O–H groups in total. The molecule has 9 heteroatoms. The van der Waals surface area contributed by atoms with E-state index in [1.165, 1.54) is 17.4 Å². The number of likely N-dealkylation sites (N-methyl/N-ethyl adjacent to an activating group) is 1. The van der Waals surface area contributed by atoms with Crippen LogP contribution in [0.1, 0.15) is 53.4 Å². The third kappa shape index (κ3) is 5.19. The number of nitrogens with one attached hydrogen (secondary N) is 2. The van der Waals surface area contributed by atoms with E-state index >= 15 is 0 Å². The number of thiazole rings is 1. The summed E-state index contributed by atoms with van der Waals surface area (Å²) >= 11 is 1.46. The molecule has 0 spiro atoms. The molecule has 37 heavy (non-hydrogen) atoms. The molecule has 0 aliphatic heterocycles. The van der Waals surface area contributed by atoms with Gasteiger partial charge in [-0.05, 0) is 75.2 Å². The number of pyridine rings is 1. The zero-order chi connectivity index (χ0) is 26.2. The van der Waals surface area contributed by atoms with Crippen LogP contribution in [0.25, 0.3) is 21.5 Å². The maximum absolute atomic E-state index is 13.5. The molecule has 1 atom stereocenters. The zero-order valence-electron chi connectivity index (χ0n) is 20.8. The van der Waals surface area contributed by atoms with Crippen LogP contribution >= 0.6 is 11.3 Å². The molecule has 2 heterocycles. The Morgan fingerprint density at radius 1 is 1.19 bits per heavy atom. The maximum Gasteiger partial charge on any atom is 0.280 e. The van der Waals surface area contributed by atoms with Gasteiger partial charge in [0.2, 0.25) is 0 Å². The highest BCUT2D eigenvalue weighted by Crippen LogP contribution is 2.49. The van der Waals surface area contributed by atoms with E-state index in [1.54, 1.807) is 24.4 Å². The molecule has 1 aliphatic rings. The molecule has 192 valence electrons. The summed E-state index contributed by atoms with van der Waals surface area (Å²) < 4.78 is 32.7. The minimum absolute atomic E-state index is 0.172. The van der Waals surface area contributed by atoms with E-state index in [0.29, 0.717) is 23.4 Å². The van der Waals surface area contributed by atoms with Crippen molar-refractivity contribution in [3.05, 3.63) is 76.4 Å². The maximum atomic E-state index is 13.5. The van der Waals surface area contributed by atoms with Crippen molar-refractivity contribution in [2.24, 2.45) is 0 Å². The first kappa shape index (κ1) is 25.2. The van der Waals surface area contributed by atoms with Crippen LogP contribution in [0, 0.1) is 6.92 Å². The molecule has 5 rings (SSSR count). The van der Waals surface area contributed by atoms with Gasteiger partial charge in [-0.2, -0.15) is 0 Å². The Bertz CT molecular complexity index is 1440. The first-order chi connectivity index (χ1) is 17.8. The van der Waals surface area contributed by atoms with Crippen LogP contribution in [0.15, 0.2) is 54.0 Å². The van der Waals surface area contributed by atoms with Gasteiger partial charge >= 0.3 is 0 Å². The van der Waals surface area contributed by atoms with Gasteiger partial charge in [-0.1, -0.05) is 12.1 Å². The smallest absolute Gasteiger partial charge is 0.280 e. The van der Waals surface area contributed by atoms with Gasteiger partial charge in [0.25, 0.3) is 12.3 Å². The summed E-state index contributed by atoms with van der Waals surface area (Å²) in [5, 5.41) is 9.76. The predicted molar refractivity (Wildman–Crippen MR) is 141 cm³/mol. The molecule has 0 unspecified atom stereocenters. The second kappa shape index (κ2) is 10.1. The first-order valence-electron chi connectivity index (χ1n) is 12.2. The normalized spacial score (nSPS) is 15.1. The van der Waals surface area contributed by atoms with E-state index in [1.807, 2.05) is 44.5 Å². The van der Waals surface area contributed by atoms with Gasteiger partial charge in [0.15, 0.2) is 0 Å². The molecule has 6 nitrogen and oxygen atoms in total. The van der Waals surface area contributed by atoms with Crippen molar-refractivity contribution < 1.29 is 18.3 Å². The molecule has 0 radical (unpaired) electrons. The minimum Gasteiger partial charge on any atom is -0.492 e. The van der Waals surface area contributed by atoms with Crippen molar-refractivity contribution >= 4 is 28.1 Å². The lowest BCUT2D eigenvalue weighted by Crippen LogP contribution is -2.35. The molecule has 1 amide bonds. The Balaban J connectivity index is 1.50. The zero-order valence-corrected chi connectivity index (χ0v) is 21.7. The van der Waals surface area contributed by atoms with Crippen molar-refractivity contribution in [2.45, 2.75) is 44.7 Å². The number of alkyl halides is 2. The van der Waals surface area contributed by atoms with Crippen molar-refractivity contribution in [1.29, 1.82) is 0 Å². The fourth-order valence-electron chi connectivity index (χ4n) is 4.37. The van der Waals surface area contributed by atoms with Gasteiger partial charge in [0, 0.05) is 34.1 Å². The summed E-state index contributed by atoms with van der Waals surface area (Å²) in [6.07, 6.45) is 0.512. The van der Waals surface area contributed by atoms with Crippen molar-refractivity contribution in [3.63, 3.8) is 0 Å². The number of rotatable bonds is 9. The van der Waals surface area contributed by atoms with Gasteiger partial charge in [-0.25, -0.2) is 18.7 Å². The van der Waals surface area contributed by atoms with Gasteiger partial charge in [-0.3, -0.25) is 4.79 Å². The summed E-state index contributed by atoms with van der Waals surface area (Å²) in [7, 11) is 1.87. The highest BCUT2D eigenvalue weighted by atomic mass is 32.1. The van der Waals surface area contributed by atoms with Crippen LogP contribution in [-0.4, -0.2) is 35.6 Å². The molecule has 1 aliphatic carbocycles. The lowest BCUT2D eigenvalue weighted by molar-refractivity contribution is 0.0930. The Hall–Kier alpha value is -3.43. The number of nitrogens with zero attached hydrogens (tertiary/aromatic N) is 2. The molecule has 0 saturated heterocycles. The first-order valence-corrected chi connectivity index (χ1v) is 13.0. The number of aromatic nitrogens is 2. The lowest BCUT2D eigenvalue weighted by atomic mass is 9.95. The highest BCUT2D eigenvalue weighted by Gasteiger charge is 2.47. The van der Waals surface area contributed by atoms with Gasteiger partial charge in [0.05, 0.1) is 11.1 Å². The SMILES string of the molecule is CN[C@@H](C)COc1ccc(C)c(C(=O)NC2(c3cc(-c4nccs4)cc4nc(C(F)F)ccc34)CC2)c1. The second-order valence-corrected chi connectivity index (χ2v) is 10.4. The van der Waals surface area contributed by atoms with E-state index in [4.69, 9.17) is 4.74 Å². The summed E-state index contributed by atoms with van der Waals surface area (Å²) in [5.74, 6) is 0.426. The molecule has 2 aromatic heterocycles. The molecular formula is C28H28F2N4O2S. The van der Waals surface area contributed by atoms with Crippen molar-refractivity contribution in [1.82, 2.24) is 20.6 Å². The molecule has 1 saturated carbocycles. The summed E-state index contributed by atoms with van der Waals surface area (Å²) in [4.78, 5) is 22.2. The number of halogens is 2. The van der Waals surface area contributed by atoms with E-state index in [0.717, 1.165) is 39.9 Å². The lowest BCUT2D eigenvalue weighted by Gasteiger charge is -2.22. The average Bonchev–Trinajstić information content (AvgIpc) is 3.45. The summed E-state index contributed by atoms with van der Waals surface area (Å²) in [6.45, 7) is 4.39. The third-order valence-electron chi connectivity index (χ3n) is 6.80. The molecule has 1 fully saturated rings. The number of hydrogen-bond acceptors (Lipinski definition) is 6. The van der Waals surface area contributed by atoms with Gasteiger partial charge in [-0.15, -0.1) is 11.3 Å². The van der Waals surface area contributed by atoms with Crippen LogP contribution in [0.2, 0.25) is 0 Å². The predicted octanol–water partition coefficient (Wildman–Crippen LogP) is 6.01. The largest absolute Gasteiger partial charge is 0.492 e. The van der Waals surface area contributed by atoms with Crippen LogP contribution in [0.5, 0.6) is 5.75 Å². The fourth-order valence-corrected chi connectivity index (χ4v) is 5.00. The van der Waals surface area contributed by atoms with Gasteiger partial charge in [0.1, 0.15) is 23.1 Å². The highest BCUT2D eigenvalue weighted by molar-refractivity contribution is 7.13. The number of benzene rings is 2. The number of ether oxygens (including phenoxy) is 1. The van der Waals surface area contributed by atoms with Crippen molar-refractivity contribution in [3.8, 4) is 16.3 Å². The van der Waals surface area contributed by atoms with E-state index in [9.17, 15) is 13.6 Å². The number of carbonyl (C=O) groups is 1. The Labute approximate surface area is 218 Å². The summed E-state index contributed by atoms with van der Waals surface area (Å²) in [6, 6.07) is 12.5. The molecule has 0 bridgehead atoms. The number of amides is 1. The van der Waals surface area contributed by atoms with E-state index < -0.39 is 12.0 Å². The Morgan fingerprint density at radius 2 is 2.00 bits per heavy atom. The molecule has 4 aromatic rings. The minimum atomic E-state index is -2.67. The summed E-state index contributed by atoms with van der Waals surface area (Å²) in [5.41, 5.74) is 2.62. The van der Waals surface area contributed by atoms with E-state index in [2.05, 4.69) is 20.6 Å². The fraction of sp³-hybridized carbons (Fsp3) is 0.321. The Kier molecular flexibility index (Phi) is 6.92. The quantitative estimate of drug-likeness (QED) is 0.282. The second-order valence-electron chi connectivity index (χ2n) is 9.48. The number of aryl methyl sites for hydroxylation is 1. The number of fused-ring (bicyclic) bond motifs is 1. The number of carbonyl (C=O) groups excluding carboxylic acids is 1. The van der Waals surface area contributed by atoms with Crippen LogP contribution in [0.4, 0.5) is 8.78 Å². The Morgan fingerprint density at radius 3 is 2.68 bits per heavy atom. The topological polar surface area (TPSA) is 76.1 Å². The monoisotopic (exact) mass is 522 g/mol. The molecular weight excluding hydrogens is 494 g/mol. The molecule has 2 aromatic carbocycles. The standard InChI is InChI=1S/C28H28F2N4O2S/c1-16-4-5-19(36-15-17(2)31-3)14-21(16)26(35)34-28(8-9-28)22-12-18(27-32-10-11-37-27)13-24-20(22)6-7-23(33-24)25(29)30/h4-7,10-14,17,25,31H,8-9,15H2,1-3H3,(H,34,35)/t17-/m0/s1. The van der Waals surface area contributed by atoms with Crippen LogP contribution in [0.3, 0.4) is 0 Å². The van der Waals surface area contributed by atoms with Gasteiger partial charge < -0.3 is 15.4 Å². The number of hydrogen-bond donors (Lipinski definition) is 2. The van der Waals surface area contributed by atoms with Crippen LogP contribution in [-0.2, 0) is 5.54 Å². The van der Waals surface area contributed by atoms with Crippen molar-refractivity contribution in [2.75, 3.05) is 13.7 Å². The van der Waals surface area contributed by atoms with E-state index in [-0.39, 0.29) is 17.6 Å².